The smallest absolute Gasteiger partial charge is 0.120 e. The van der Waals surface area contributed by atoms with Gasteiger partial charge in [0.1, 0.15) is 17.3 Å². The average Bonchev–Trinajstić information content (AvgIpc) is 2.38. The molecule has 4 nitrogen and oxygen atoms in total. The zero-order chi connectivity index (χ0) is 13.2. The van der Waals surface area contributed by atoms with Crippen LogP contribution in [0.15, 0.2) is 24.3 Å². The fourth-order valence-corrected chi connectivity index (χ4v) is 1.49. The lowest BCUT2D eigenvalue weighted by molar-refractivity contribution is 0.0806. The second-order valence-corrected chi connectivity index (χ2v) is 4.14. The van der Waals surface area contributed by atoms with Gasteiger partial charge in [0.15, 0.2) is 0 Å². The Morgan fingerprint density at radius 3 is 2.78 bits per heavy atom. The minimum absolute atomic E-state index is 0.372. The highest BCUT2D eigenvalue weighted by atomic mass is 32.1. The number of hydrogen-bond donors (Lipinski definition) is 1. The summed E-state index contributed by atoms with van der Waals surface area (Å²) in [7, 11) is 1.68. The van der Waals surface area contributed by atoms with Crippen molar-refractivity contribution in [2.75, 3.05) is 33.5 Å². The monoisotopic (exact) mass is 269 g/mol. The summed E-state index contributed by atoms with van der Waals surface area (Å²) < 4.78 is 15.8. The maximum atomic E-state index is 5.54. The Morgan fingerprint density at radius 1 is 1.22 bits per heavy atom. The van der Waals surface area contributed by atoms with E-state index >= 15 is 0 Å². The summed E-state index contributed by atoms with van der Waals surface area (Å²) in [6.07, 6.45) is 0.896. The second kappa shape index (κ2) is 8.85. The highest BCUT2D eigenvalue weighted by Crippen LogP contribution is 2.12. The highest BCUT2D eigenvalue weighted by Gasteiger charge is 1.99. The molecule has 1 aromatic carbocycles. The molecular formula is C13H19NO3S. The van der Waals surface area contributed by atoms with E-state index in [2.05, 4.69) is 0 Å². The van der Waals surface area contributed by atoms with Crippen LogP contribution in [0.1, 0.15) is 12.0 Å². The summed E-state index contributed by atoms with van der Waals surface area (Å²) in [5.41, 5.74) is 6.35. The van der Waals surface area contributed by atoms with E-state index in [-0.39, 0.29) is 0 Å². The first-order valence-corrected chi connectivity index (χ1v) is 6.24. The van der Waals surface area contributed by atoms with Crippen LogP contribution in [0.25, 0.3) is 0 Å². The quantitative estimate of drug-likeness (QED) is 0.547. The molecule has 0 heterocycles. The molecule has 0 saturated carbocycles. The van der Waals surface area contributed by atoms with Gasteiger partial charge in [0.05, 0.1) is 6.61 Å². The summed E-state index contributed by atoms with van der Waals surface area (Å²) in [6, 6.07) is 7.42. The molecule has 1 rings (SSSR count). The van der Waals surface area contributed by atoms with Crippen molar-refractivity contribution >= 4 is 17.2 Å². The molecule has 100 valence electrons. The van der Waals surface area contributed by atoms with Crippen LogP contribution in [0.2, 0.25) is 0 Å². The third kappa shape index (κ3) is 5.95. The van der Waals surface area contributed by atoms with Crippen molar-refractivity contribution in [3.63, 3.8) is 0 Å². The maximum Gasteiger partial charge on any atom is 0.120 e. The number of methoxy groups -OCH3 is 1. The molecule has 1 aromatic rings. The molecule has 5 heteroatoms. The number of ether oxygens (including phenoxy) is 3. The molecular weight excluding hydrogens is 250 g/mol. The van der Waals surface area contributed by atoms with E-state index in [0.29, 0.717) is 24.8 Å². The van der Waals surface area contributed by atoms with Crippen molar-refractivity contribution in [2.45, 2.75) is 6.42 Å². The molecule has 0 fully saturated rings. The van der Waals surface area contributed by atoms with Gasteiger partial charge < -0.3 is 19.9 Å². The third-order valence-electron chi connectivity index (χ3n) is 2.25. The summed E-state index contributed by atoms with van der Waals surface area (Å²) >= 11 is 4.90. The van der Waals surface area contributed by atoms with E-state index in [1.807, 2.05) is 24.3 Å². The van der Waals surface area contributed by atoms with E-state index in [1.54, 1.807) is 7.11 Å². The van der Waals surface area contributed by atoms with E-state index < -0.39 is 0 Å². The van der Waals surface area contributed by atoms with Gasteiger partial charge in [-0.1, -0.05) is 24.4 Å². The Morgan fingerprint density at radius 2 is 2.06 bits per heavy atom. The molecule has 0 aliphatic rings. The summed E-state index contributed by atoms with van der Waals surface area (Å²) in [5, 5.41) is 0. The van der Waals surface area contributed by atoms with E-state index in [0.717, 1.165) is 24.3 Å². The lowest BCUT2D eigenvalue weighted by Crippen LogP contribution is -2.11. The molecule has 0 aromatic heterocycles. The van der Waals surface area contributed by atoms with Crippen molar-refractivity contribution in [1.82, 2.24) is 0 Å². The molecule has 0 aliphatic heterocycles. The predicted octanol–water partition coefficient (Wildman–Crippen LogP) is 1.75. The molecule has 0 amide bonds. The van der Waals surface area contributed by atoms with Crippen molar-refractivity contribution in [1.29, 1.82) is 0 Å². The van der Waals surface area contributed by atoms with Gasteiger partial charge in [-0.2, -0.15) is 0 Å². The van der Waals surface area contributed by atoms with Crippen LogP contribution < -0.4 is 10.5 Å². The van der Waals surface area contributed by atoms with Crippen molar-refractivity contribution in [2.24, 2.45) is 5.73 Å². The van der Waals surface area contributed by atoms with Gasteiger partial charge in [-0.05, 0) is 18.6 Å². The van der Waals surface area contributed by atoms with Crippen molar-refractivity contribution in [3.8, 4) is 5.75 Å². The van der Waals surface area contributed by atoms with Gasteiger partial charge >= 0.3 is 0 Å². The second-order valence-electron chi connectivity index (χ2n) is 3.70. The molecule has 0 spiro atoms. The van der Waals surface area contributed by atoms with Gasteiger partial charge in [-0.25, -0.2) is 0 Å². The fraction of sp³-hybridized carbons (Fsp3) is 0.462. The van der Waals surface area contributed by atoms with E-state index in [4.69, 9.17) is 32.2 Å². The van der Waals surface area contributed by atoms with Crippen LogP contribution in [0.4, 0.5) is 0 Å². The van der Waals surface area contributed by atoms with Crippen LogP contribution >= 0.6 is 12.2 Å². The first-order chi connectivity index (χ1) is 8.74. The Kier molecular flexibility index (Phi) is 7.32. The summed E-state index contributed by atoms with van der Waals surface area (Å²) in [5.74, 6) is 0.751. The minimum Gasteiger partial charge on any atom is -0.491 e. The molecule has 0 bridgehead atoms. The minimum atomic E-state index is 0.372. The summed E-state index contributed by atoms with van der Waals surface area (Å²) in [4.78, 5) is 0.372. The first-order valence-electron chi connectivity index (χ1n) is 5.83. The zero-order valence-corrected chi connectivity index (χ0v) is 11.4. The molecule has 0 unspecified atom stereocenters. The Bertz CT molecular complexity index is 371. The van der Waals surface area contributed by atoms with Crippen LogP contribution in [0.3, 0.4) is 0 Å². The largest absolute Gasteiger partial charge is 0.491 e. The average molecular weight is 269 g/mol. The first kappa shape index (κ1) is 14.9. The number of nitrogens with two attached hydrogens (primary N) is 1. The Hall–Kier alpha value is -1.17. The molecule has 0 radical (unpaired) electrons. The predicted molar refractivity (Wildman–Crippen MR) is 75.1 cm³/mol. The normalized spacial score (nSPS) is 10.3. The molecule has 0 aliphatic carbocycles. The third-order valence-corrected chi connectivity index (χ3v) is 2.49. The molecule has 18 heavy (non-hydrogen) atoms. The number of benzene rings is 1. The van der Waals surface area contributed by atoms with Crippen molar-refractivity contribution < 1.29 is 14.2 Å². The number of hydrogen-bond acceptors (Lipinski definition) is 4. The van der Waals surface area contributed by atoms with Crippen LogP contribution in [-0.2, 0) is 9.47 Å². The van der Waals surface area contributed by atoms with Gasteiger partial charge in [0, 0.05) is 25.9 Å². The van der Waals surface area contributed by atoms with Crippen LogP contribution in [0, 0.1) is 0 Å². The molecule has 0 atom stereocenters. The Labute approximate surface area is 113 Å². The highest BCUT2D eigenvalue weighted by molar-refractivity contribution is 7.80. The van der Waals surface area contributed by atoms with Gasteiger partial charge in [-0.15, -0.1) is 0 Å². The van der Waals surface area contributed by atoms with Crippen LogP contribution in [0.5, 0.6) is 5.75 Å². The lowest BCUT2D eigenvalue weighted by atomic mass is 10.2. The van der Waals surface area contributed by atoms with Gasteiger partial charge in [0.25, 0.3) is 0 Å². The topological polar surface area (TPSA) is 53.7 Å². The lowest BCUT2D eigenvalue weighted by Gasteiger charge is -2.08. The number of thiocarbonyl (C=S) groups is 1. The Balaban J connectivity index is 2.19. The van der Waals surface area contributed by atoms with E-state index in [1.165, 1.54) is 0 Å². The fourth-order valence-electron chi connectivity index (χ4n) is 1.36. The van der Waals surface area contributed by atoms with E-state index in [9.17, 15) is 0 Å². The van der Waals surface area contributed by atoms with Crippen molar-refractivity contribution in [3.05, 3.63) is 29.8 Å². The maximum absolute atomic E-state index is 5.54. The van der Waals surface area contributed by atoms with Gasteiger partial charge in [0.2, 0.25) is 0 Å². The van der Waals surface area contributed by atoms with Crippen LogP contribution in [-0.4, -0.2) is 38.5 Å². The molecule has 0 saturated heterocycles. The standard InChI is InChI=1S/C13H19NO3S/c1-15-6-3-7-16-8-9-17-12-5-2-4-11(10-12)13(14)18/h2,4-5,10H,3,6-9H2,1H3,(H2,14,18). The zero-order valence-electron chi connectivity index (χ0n) is 10.6. The summed E-state index contributed by atoms with van der Waals surface area (Å²) in [6.45, 7) is 2.47. The SMILES string of the molecule is COCCCOCCOc1cccc(C(N)=S)c1. The molecule has 2 N–H and O–H groups in total. The number of rotatable bonds is 9. The van der Waals surface area contributed by atoms with Gasteiger partial charge in [-0.3, -0.25) is 0 Å².